The van der Waals surface area contributed by atoms with Crippen molar-refractivity contribution in [3.63, 3.8) is 0 Å². The zero-order valence-electron chi connectivity index (χ0n) is 14.6. The number of rotatable bonds is 7. The Morgan fingerprint density at radius 3 is 2.72 bits per heavy atom. The Kier molecular flexibility index (Phi) is 7.22. The van der Waals surface area contributed by atoms with Gasteiger partial charge in [0, 0.05) is 6.54 Å². The van der Waals surface area contributed by atoms with Crippen LogP contribution in [0.1, 0.15) is 25.3 Å². The molecule has 0 saturated carbocycles. The largest absolute Gasteiger partial charge is 0.449 e. The lowest BCUT2D eigenvalue weighted by atomic mass is 10.2. The van der Waals surface area contributed by atoms with Crippen LogP contribution in [0.3, 0.4) is 0 Å². The number of hydrogen-bond donors (Lipinski definition) is 0. The molecule has 1 unspecified atom stereocenters. The fourth-order valence-electron chi connectivity index (χ4n) is 2.32. The number of ether oxygens (including phenoxy) is 2. The first-order chi connectivity index (χ1) is 11.9. The maximum atomic E-state index is 12.2. The van der Waals surface area contributed by atoms with Crippen molar-refractivity contribution in [1.29, 1.82) is 0 Å². The van der Waals surface area contributed by atoms with Crippen LogP contribution in [0.5, 0.6) is 0 Å². The molecule has 0 bridgehead atoms. The summed E-state index contributed by atoms with van der Waals surface area (Å²) in [6.07, 6.45) is 0.858. The van der Waals surface area contributed by atoms with E-state index in [-0.39, 0.29) is 18.0 Å². The molecule has 1 aliphatic rings. The van der Waals surface area contributed by atoms with Gasteiger partial charge in [0.05, 0.1) is 31.3 Å². The molecule has 1 atom stereocenters. The summed E-state index contributed by atoms with van der Waals surface area (Å²) >= 11 is 0. The average molecular weight is 371 g/mol. The maximum Gasteiger partial charge on any atom is 0.409 e. The lowest BCUT2D eigenvalue weighted by Crippen LogP contribution is -2.47. The highest BCUT2D eigenvalue weighted by Gasteiger charge is 2.27. The molecule has 25 heavy (non-hydrogen) atoms. The maximum absolute atomic E-state index is 12.2. The van der Waals surface area contributed by atoms with Crippen molar-refractivity contribution in [2.75, 3.05) is 32.9 Å². The molecular weight excluding hydrogens is 346 g/mol. The third-order valence-electron chi connectivity index (χ3n) is 3.84. The van der Waals surface area contributed by atoms with Crippen molar-refractivity contribution in [2.45, 2.75) is 37.7 Å². The summed E-state index contributed by atoms with van der Waals surface area (Å²) in [5, 5.41) is 0. The van der Waals surface area contributed by atoms with E-state index in [1.165, 1.54) is 17.0 Å². The SMILES string of the molecule is CCCCOC(=O)N1CCOC(COS(=O)(=O)c2ccc(C)cc2)C1. The standard InChI is InChI=1S/C17H25NO6S/c1-3-4-10-23-17(19)18-9-11-22-15(12-18)13-24-25(20,21)16-7-5-14(2)6-8-16/h5-8,15H,3-4,9-13H2,1-2H3. The lowest BCUT2D eigenvalue weighted by molar-refractivity contribution is -0.0443. The van der Waals surface area contributed by atoms with Crippen LogP contribution in [0.15, 0.2) is 29.2 Å². The number of benzene rings is 1. The number of nitrogens with zero attached hydrogens (tertiary/aromatic N) is 1. The Bertz CT molecular complexity index is 658. The average Bonchev–Trinajstić information content (AvgIpc) is 2.61. The number of aryl methyl sites for hydroxylation is 1. The minimum absolute atomic E-state index is 0.102. The first kappa shape index (κ1) is 19.7. The van der Waals surface area contributed by atoms with Gasteiger partial charge in [0.25, 0.3) is 10.1 Å². The van der Waals surface area contributed by atoms with E-state index in [1.54, 1.807) is 12.1 Å². The molecule has 1 heterocycles. The van der Waals surface area contributed by atoms with E-state index in [4.69, 9.17) is 13.7 Å². The highest BCUT2D eigenvalue weighted by Crippen LogP contribution is 2.15. The Labute approximate surface area is 149 Å². The van der Waals surface area contributed by atoms with E-state index in [0.29, 0.717) is 19.8 Å². The molecule has 0 N–H and O–H groups in total. The third kappa shape index (κ3) is 5.98. The lowest BCUT2D eigenvalue weighted by Gasteiger charge is -2.31. The highest BCUT2D eigenvalue weighted by molar-refractivity contribution is 7.86. The van der Waals surface area contributed by atoms with Gasteiger partial charge >= 0.3 is 6.09 Å². The fraction of sp³-hybridized carbons (Fsp3) is 0.588. The monoisotopic (exact) mass is 371 g/mol. The van der Waals surface area contributed by atoms with Gasteiger partial charge in [0.15, 0.2) is 0 Å². The number of carbonyl (C=O) groups is 1. The van der Waals surface area contributed by atoms with Crippen molar-refractivity contribution < 1.29 is 26.9 Å². The van der Waals surface area contributed by atoms with Crippen LogP contribution in [-0.2, 0) is 23.8 Å². The molecular formula is C17H25NO6S. The smallest absolute Gasteiger partial charge is 0.409 e. The van der Waals surface area contributed by atoms with Gasteiger partial charge in [-0.3, -0.25) is 4.18 Å². The highest BCUT2D eigenvalue weighted by atomic mass is 32.2. The van der Waals surface area contributed by atoms with E-state index >= 15 is 0 Å². The molecule has 0 aromatic heterocycles. The van der Waals surface area contributed by atoms with E-state index in [0.717, 1.165) is 18.4 Å². The number of hydrogen-bond acceptors (Lipinski definition) is 6. The Balaban J connectivity index is 1.85. The van der Waals surface area contributed by atoms with Crippen molar-refractivity contribution in [3.8, 4) is 0 Å². The first-order valence-corrected chi connectivity index (χ1v) is 9.82. The number of amides is 1. The second-order valence-corrected chi connectivity index (χ2v) is 7.57. The van der Waals surface area contributed by atoms with Gasteiger partial charge in [0.1, 0.15) is 6.10 Å². The molecule has 140 valence electrons. The van der Waals surface area contributed by atoms with Gasteiger partial charge in [-0.2, -0.15) is 8.42 Å². The Morgan fingerprint density at radius 1 is 1.32 bits per heavy atom. The number of unbranched alkanes of at least 4 members (excludes halogenated alkanes) is 1. The van der Waals surface area contributed by atoms with Crippen LogP contribution < -0.4 is 0 Å². The fourth-order valence-corrected chi connectivity index (χ4v) is 3.26. The first-order valence-electron chi connectivity index (χ1n) is 8.42. The second-order valence-electron chi connectivity index (χ2n) is 5.96. The number of morpholine rings is 1. The van der Waals surface area contributed by atoms with Gasteiger partial charge in [-0.1, -0.05) is 31.0 Å². The number of carbonyl (C=O) groups excluding carboxylic acids is 1. The summed E-state index contributed by atoms with van der Waals surface area (Å²) in [6.45, 7) is 5.12. The zero-order chi connectivity index (χ0) is 18.3. The van der Waals surface area contributed by atoms with E-state index in [1.807, 2.05) is 13.8 Å². The Morgan fingerprint density at radius 2 is 2.04 bits per heavy atom. The van der Waals surface area contributed by atoms with Crippen LogP contribution in [0.2, 0.25) is 0 Å². The predicted molar refractivity (Wildman–Crippen MR) is 91.9 cm³/mol. The molecule has 1 aromatic rings. The quantitative estimate of drug-likeness (QED) is 0.540. The predicted octanol–water partition coefficient (Wildman–Crippen LogP) is 2.34. The van der Waals surface area contributed by atoms with Gasteiger partial charge in [-0.05, 0) is 25.5 Å². The topological polar surface area (TPSA) is 82.1 Å². The molecule has 1 amide bonds. The molecule has 0 radical (unpaired) electrons. The molecule has 1 aromatic carbocycles. The van der Waals surface area contributed by atoms with Crippen LogP contribution in [0.25, 0.3) is 0 Å². The minimum atomic E-state index is -3.85. The molecule has 1 aliphatic heterocycles. The van der Waals surface area contributed by atoms with Crippen molar-refractivity contribution in [3.05, 3.63) is 29.8 Å². The molecule has 1 saturated heterocycles. The van der Waals surface area contributed by atoms with Crippen molar-refractivity contribution >= 4 is 16.2 Å². The van der Waals surface area contributed by atoms with Gasteiger partial charge in [-0.25, -0.2) is 4.79 Å². The van der Waals surface area contributed by atoms with Gasteiger partial charge < -0.3 is 14.4 Å². The normalized spacial score (nSPS) is 18.2. The minimum Gasteiger partial charge on any atom is -0.449 e. The van der Waals surface area contributed by atoms with Gasteiger partial charge in [0.2, 0.25) is 0 Å². The van der Waals surface area contributed by atoms with E-state index in [2.05, 4.69) is 0 Å². The van der Waals surface area contributed by atoms with E-state index < -0.39 is 22.3 Å². The summed E-state index contributed by atoms with van der Waals surface area (Å²) in [6, 6.07) is 6.43. The summed E-state index contributed by atoms with van der Waals surface area (Å²) in [4.78, 5) is 13.6. The molecule has 7 nitrogen and oxygen atoms in total. The van der Waals surface area contributed by atoms with Crippen LogP contribution >= 0.6 is 0 Å². The molecule has 8 heteroatoms. The summed E-state index contributed by atoms with van der Waals surface area (Å²) in [5.41, 5.74) is 0.965. The van der Waals surface area contributed by atoms with Crippen molar-refractivity contribution in [2.24, 2.45) is 0 Å². The van der Waals surface area contributed by atoms with Gasteiger partial charge in [-0.15, -0.1) is 0 Å². The van der Waals surface area contributed by atoms with Crippen LogP contribution in [0.4, 0.5) is 4.79 Å². The summed E-state index contributed by atoms with van der Waals surface area (Å²) < 4.78 is 40.1. The van der Waals surface area contributed by atoms with Crippen LogP contribution in [-0.4, -0.2) is 58.4 Å². The third-order valence-corrected chi connectivity index (χ3v) is 5.14. The summed E-state index contributed by atoms with van der Waals surface area (Å²) in [5.74, 6) is 0. The summed E-state index contributed by atoms with van der Waals surface area (Å²) in [7, 11) is -3.85. The van der Waals surface area contributed by atoms with Crippen LogP contribution in [0, 0.1) is 6.92 Å². The molecule has 0 aliphatic carbocycles. The zero-order valence-corrected chi connectivity index (χ0v) is 15.5. The Hall–Kier alpha value is -1.64. The van der Waals surface area contributed by atoms with E-state index in [9.17, 15) is 13.2 Å². The van der Waals surface area contributed by atoms with Crippen molar-refractivity contribution in [1.82, 2.24) is 4.90 Å². The molecule has 0 spiro atoms. The molecule has 2 rings (SSSR count). The second kappa shape index (κ2) is 9.17. The molecule has 1 fully saturated rings.